The van der Waals surface area contributed by atoms with Crippen LogP contribution in [0.3, 0.4) is 0 Å². The number of rotatable bonds is 11. The van der Waals surface area contributed by atoms with Crippen LogP contribution >= 0.6 is 11.6 Å². The van der Waals surface area contributed by atoms with Crippen molar-refractivity contribution in [3.63, 3.8) is 0 Å². The minimum atomic E-state index is -0.719. The van der Waals surface area contributed by atoms with Crippen LogP contribution in [0.2, 0.25) is 5.02 Å². The van der Waals surface area contributed by atoms with Crippen LogP contribution in [0.4, 0.5) is 0 Å². The van der Waals surface area contributed by atoms with Gasteiger partial charge >= 0.3 is 5.97 Å². The smallest absolute Gasteiger partial charge is 0.306 e. The predicted molar refractivity (Wildman–Crippen MR) is 198 cm³/mol. The van der Waals surface area contributed by atoms with Crippen molar-refractivity contribution in [2.45, 2.75) is 45.4 Å². The van der Waals surface area contributed by atoms with E-state index >= 15 is 0 Å². The summed E-state index contributed by atoms with van der Waals surface area (Å²) in [7, 11) is 4.84. The molecule has 52 heavy (non-hydrogen) atoms. The lowest BCUT2D eigenvalue weighted by atomic mass is 9.96. The molecule has 12 nitrogen and oxygen atoms in total. The minimum Gasteiger partial charge on any atom is -0.496 e. The van der Waals surface area contributed by atoms with Crippen molar-refractivity contribution in [1.82, 2.24) is 29.5 Å². The van der Waals surface area contributed by atoms with Gasteiger partial charge in [0.25, 0.3) is 0 Å². The first-order chi connectivity index (χ1) is 25.2. The molecular weight excluding hydrogens is 684 g/mol. The topological polar surface area (TPSA) is 135 Å². The lowest BCUT2D eigenvalue weighted by Crippen LogP contribution is -2.36. The third-order valence-corrected chi connectivity index (χ3v) is 10.7. The Morgan fingerprint density at radius 1 is 0.865 bits per heavy atom. The average molecular weight is 727 g/mol. The summed E-state index contributed by atoms with van der Waals surface area (Å²) in [6.45, 7) is 6.03. The molecule has 13 heteroatoms. The number of methoxy groups -OCH3 is 3. The van der Waals surface area contributed by atoms with Crippen molar-refractivity contribution in [3.05, 3.63) is 76.4 Å². The van der Waals surface area contributed by atoms with Gasteiger partial charge in [0.05, 0.1) is 61.3 Å². The summed E-state index contributed by atoms with van der Waals surface area (Å²) in [6.07, 6.45) is 3.48. The molecule has 2 saturated heterocycles. The molecule has 0 aliphatic carbocycles. The highest BCUT2D eigenvalue weighted by Gasteiger charge is 2.27. The Morgan fingerprint density at radius 2 is 1.54 bits per heavy atom. The maximum atomic E-state index is 11.4. The van der Waals surface area contributed by atoms with E-state index in [1.54, 1.807) is 26.0 Å². The molecule has 0 radical (unpaired) electrons. The van der Waals surface area contributed by atoms with Crippen molar-refractivity contribution in [2.75, 3.05) is 47.5 Å². The van der Waals surface area contributed by atoms with E-state index < -0.39 is 5.97 Å². The molecule has 0 bridgehead atoms. The first-order valence-electron chi connectivity index (χ1n) is 17.5. The van der Waals surface area contributed by atoms with Crippen LogP contribution in [-0.4, -0.2) is 99.3 Å². The second-order valence-corrected chi connectivity index (χ2v) is 13.9. The van der Waals surface area contributed by atoms with E-state index in [1.807, 2.05) is 61.7 Å². The highest BCUT2D eigenvalue weighted by Crippen LogP contribution is 2.41. The van der Waals surface area contributed by atoms with Gasteiger partial charge < -0.3 is 24.4 Å². The fourth-order valence-electron chi connectivity index (χ4n) is 7.44. The monoisotopic (exact) mass is 726 g/mol. The van der Waals surface area contributed by atoms with Crippen LogP contribution in [0.25, 0.3) is 39.1 Å². The van der Waals surface area contributed by atoms with E-state index in [0.29, 0.717) is 79.6 Å². The van der Waals surface area contributed by atoms with Crippen LogP contribution in [0.5, 0.6) is 17.5 Å². The molecule has 2 fully saturated rings. The molecular formula is C39H43ClN6O6. The molecule has 5 heterocycles. The number of hydrogen-bond acceptors (Lipinski definition) is 10. The van der Waals surface area contributed by atoms with Crippen LogP contribution in [0, 0.1) is 12.8 Å². The highest BCUT2D eigenvalue weighted by molar-refractivity contribution is 6.36. The lowest BCUT2D eigenvalue weighted by Gasteiger charge is -2.30. The van der Waals surface area contributed by atoms with Crippen molar-refractivity contribution in [1.29, 1.82) is 0 Å². The maximum absolute atomic E-state index is 11.4. The number of likely N-dealkylation sites (tertiary alicyclic amines) is 2. The highest BCUT2D eigenvalue weighted by atomic mass is 35.5. The van der Waals surface area contributed by atoms with Crippen molar-refractivity contribution < 1.29 is 29.2 Å². The van der Waals surface area contributed by atoms with Gasteiger partial charge in [-0.05, 0) is 62.5 Å². The molecule has 2 aromatic carbocycles. The van der Waals surface area contributed by atoms with E-state index in [-0.39, 0.29) is 12.0 Å². The predicted octanol–water partition coefficient (Wildman–Crippen LogP) is 6.00. The number of carboxylic acid groups (broad SMARTS) is 1. The van der Waals surface area contributed by atoms with E-state index in [2.05, 4.69) is 9.80 Å². The second-order valence-electron chi connectivity index (χ2n) is 13.5. The molecule has 7 rings (SSSR count). The number of halogens is 1. The Bertz CT molecular complexity index is 2090. The third kappa shape index (κ3) is 6.91. The number of ether oxygens (including phenoxy) is 3. The summed E-state index contributed by atoms with van der Waals surface area (Å²) in [4.78, 5) is 25.6. The van der Waals surface area contributed by atoms with Crippen LogP contribution < -0.4 is 14.2 Å². The number of carbonyl (C=O) groups is 1. The standard InChI is InChI=1S/C39H43ClN6O6/c1-23-17-32(42-37(51-3)30(23)21-44-14-11-24(12-15-44)39(48)49)28-9-5-8-27(36(28)40)26-7-6-10-33-29(26)19-41-46(33)35-18-34(50-2)31(38(43-35)52-4)22-45-16-13-25(47)20-45/h5-10,17-19,24-25,47H,11-16,20-22H2,1-4H3,(H,48,49)/t25-/m1/s1. The summed E-state index contributed by atoms with van der Waals surface area (Å²) in [5.74, 6) is 1.14. The SMILES string of the molecule is COc1cc(-n2ncc3c(-c4cccc(-c5cc(C)c(CN6CCC(C(=O)O)CC6)c(OC)n5)c4Cl)cccc32)nc(OC)c1CN1CC[C@@H](O)C1. The van der Waals surface area contributed by atoms with Gasteiger partial charge in [-0.3, -0.25) is 14.6 Å². The molecule has 0 unspecified atom stereocenters. The number of pyridine rings is 2. The van der Waals surface area contributed by atoms with Gasteiger partial charge in [-0.1, -0.05) is 41.9 Å². The van der Waals surface area contributed by atoms with E-state index in [0.717, 1.165) is 57.2 Å². The number of benzene rings is 2. The molecule has 272 valence electrons. The van der Waals surface area contributed by atoms with E-state index in [1.165, 1.54) is 0 Å². The van der Waals surface area contributed by atoms with E-state index in [9.17, 15) is 15.0 Å². The summed E-state index contributed by atoms with van der Waals surface area (Å²) >= 11 is 7.23. The zero-order chi connectivity index (χ0) is 36.5. The number of piperidine rings is 1. The Kier molecular flexibility index (Phi) is 10.3. The summed E-state index contributed by atoms with van der Waals surface area (Å²) in [6, 6.07) is 15.8. The number of aliphatic carboxylic acids is 1. The quantitative estimate of drug-likeness (QED) is 0.166. The van der Waals surface area contributed by atoms with Crippen molar-refractivity contribution >= 4 is 28.5 Å². The summed E-state index contributed by atoms with van der Waals surface area (Å²) < 4.78 is 19.1. The molecule has 1 atom stereocenters. The number of carboxylic acids is 1. The van der Waals surface area contributed by atoms with Gasteiger partial charge in [-0.2, -0.15) is 10.1 Å². The molecule has 0 spiro atoms. The Morgan fingerprint density at radius 3 is 2.23 bits per heavy atom. The third-order valence-electron chi connectivity index (χ3n) is 10.3. The molecule has 2 aliphatic heterocycles. The number of aromatic nitrogens is 4. The number of aliphatic hydroxyl groups is 1. The molecule has 2 N–H and O–H groups in total. The van der Waals surface area contributed by atoms with Crippen LogP contribution in [-0.2, 0) is 17.9 Å². The largest absolute Gasteiger partial charge is 0.496 e. The fourth-order valence-corrected chi connectivity index (χ4v) is 7.76. The van der Waals surface area contributed by atoms with Crippen LogP contribution in [0.1, 0.15) is 36.0 Å². The zero-order valence-electron chi connectivity index (χ0n) is 29.8. The summed E-state index contributed by atoms with van der Waals surface area (Å²) in [5, 5.41) is 25.6. The number of aliphatic hydroxyl groups excluding tert-OH is 1. The number of fused-ring (bicyclic) bond motifs is 1. The lowest BCUT2D eigenvalue weighted by molar-refractivity contribution is -0.143. The number of nitrogens with zero attached hydrogens (tertiary/aromatic N) is 6. The molecule has 2 aliphatic rings. The van der Waals surface area contributed by atoms with Crippen molar-refractivity contribution in [2.24, 2.45) is 5.92 Å². The second kappa shape index (κ2) is 15.1. The van der Waals surface area contributed by atoms with Gasteiger partial charge in [0.1, 0.15) is 5.75 Å². The number of β-amino-alcohol motifs (C(OH)–C–C–N with tert-alkyl or cyclic N) is 1. The normalized spacial score (nSPS) is 17.2. The van der Waals surface area contributed by atoms with Gasteiger partial charge in [0, 0.05) is 54.3 Å². The average Bonchev–Trinajstić information content (AvgIpc) is 3.78. The molecule has 3 aromatic heterocycles. The minimum absolute atomic E-state index is 0.286. The fraction of sp³-hybridized carbons (Fsp3) is 0.385. The Hall–Kier alpha value is -4.75. The van der Waals surface area contributed by atoms with Gasteiger partial charge in [0.2, 0.25) is 11.8 Å². The molecule has 0 amide bonds. The number of aryl methyl sites for hydroxylation is 1. The number of hydrogen-bond donors (Lipinski definition) is 2. The van der Waals surface area contributed by atoms with E-state index in [4.69, 9.17) is 40.9 Å². The van der Waals surface area contributed by atoms with Gasteiger partial charge in [0.15, 0.2) is 5.82 Å². The van der Waals surface area contributed by atoms with Gasteiger partial charge in [-0.25, -0.2) is 9.67 Å². The Labute approximate surface area is 307 Å². The maximum Gasteiger partial charge on any atom is 0.306 e. The molecule has 0 saturated carbocycles. The first-order valence-corrected chi connectivity index (χ1v) is 17.8. The van der Waals surface area contributed by atoms with Crippen molar-refractivity contribution in [3.8, 4) is 45.7 Å². The van der Waals surface area contributed by atoms with Crippen LogP contribution in [0.15, 0.2) is 54.7 Å². The van der Waals surface area contributed by atoms with Gasteiger partial charge in [-0.15, -0.1) is 0 Å². The Balaban J connectivity index is 1.20. The summed E-state index contributed by atoms with van der Waals surface area (Å²) in [5.41, 5.74) is 6.86. The first kappa shape index (κ1) is 35.6. The molecule has 5 aromatic rings. The zero-order valence-corrected chi connectivity index (χ0v) is 30.6.